The molecule has 0 bridgehead atoms. The van der Waals surface area contributed by atoms with Crippen LogP contribution in [-0.4, -0.2) is 29.4 Å². The summed E-state index contributed by atoms with van der Waals surface area (Å²) in [6.45, 7) is 2.77. The van der Waals surface area contributed by atoms with Gasteiger partial charge in [-0.1, -0.05) is 31.0 Å². The van der Waals surface area contributed by atoms with Crippen LogP contribution in [0.15, 0.2) is 48.7 Å². The molecule has 6 nitrogen and oxygen atoms in total. The monoisotopic (exact) mass is 425 g/mol. The summed E-state index contributed by atoms with van der Waals surface area (Å²) in [5.74, 6) is 1.90. The van der Waals surface area contributed by atoms with Crippen LogP contribution >= 0.6 is 11.6 Å². The van der Waals surface area contributed by atoms with Crippen LogP contribution in [0, 0.1) is 0 Å². The number of amides is 1. The number of ether oxygens (including phenoxy) is 2. The molecule has 0 unspecified atom stereocenters. The Kier molecular flexibility index (Phi) is 5.95. The molecule has 0 saturated heterocycles. The highest BCUT2D eigenvalue weighted by atomic mass is 35.5. The summed E-state index contributed by atoms with van der Waals surface area (Å²) in [7, 11) is 1.63. The van der Waals surface area contributed by atoms with Crippen molar-refractivity contribution in [1.29, 1.82) is 0 Å². The first-order valence-corrected chi connectivity index (χ1v) is 10.4. The molecular formula is C23H24ClN3O3. The Morgan fingerprint density at radius 2 is 2.00 bits per heavy atom. The van der Waals surface area contributed by atoms with Gasteiger partial charge in [-0.25, -0.2) is 4.68 Å². The number of nitrogens with one attached hydrogen (secondary N) is 1. The minimum Gasteiger partial charge on any atom is -0.493 e. The third-order valence-electron chi connectivity index (χ3n) is 5.24. The number of halogens is 1. The maximum atomic E-state index is 12.5. The number of rotatable bonds is 7. The van der Waals surface area contributed by atoms with Crippen LogP contribution in [0.25, 0.3) is 5.69 Å². The number of aromatic nitrogens is 2. The lowest BCUT2D eigenvalue weighted by Gasteiger charge is -2.24. The predicted molar refractivity (Wildman–Crippen MR) is 117 cm³/mol. The fourth-order valence-electron chi connectivity index (χ4n) is 3.64. The van der Waals surface area contributed by atoms with Crippen molar-refractivity contribution in [3.8, 4) is 17.2 Å². The fourth-order valence-corrected chi connectivity index (χ4v) is 3.77. The van der Waals surface area contributed by atoms with Crippen LogP contribution in [-0.2, 0) is 4.79 Å². The van der Waals surface area contributed by atoms with Gasteiger partial charge in [0.25, 0.3) is 0 Å². The van der Waals surface area contributed by atoms with E-state index in [1.807, 2.05) is 36.5 Å². The summed E-state index contributed by atoms with van der Waals surface area (Å²) in [5, 5.41) is 8.14. The van der Waals surface area contributed by atoms with Crippen molar-refractivity contribution < 1.29 is 14.3 Å². The smallest absolute Gasteiger partial charge is 0.226 e. The summed E-state index contributed by atoms with van der Waals surface area (Å²) in [4.78, 5) is 12.5. The zero-order chi connectivity index (χ0) is 21.1. The number of benzene rings is 2. The third kappa shape index (κ3) is 4.00. The molecule has 0 spiro atoms. The largest absolute Gasteiger partial charge is 0.493 e. The minimum absolute atomic E-state index is 0.0505. The SMILES string of the molecule is CCCCOc1ccc([C@@H]2CC(=O)Nc3c2cnn3-c2ccc(Cl)cc2)cc1OC. The van der Waals surface area contributed by atoms with Gasteiger partial charge in [0.05, 0.1) is 25.6 Å². The van der Waals surface area contributed by atoms with E-state index >= 15 is 0 Å². The molecule has 4 rings (SSSR count). The highest BCUT2D eigenvalue weighted by Crippen LogP contribution is 2.40. The van der Waals surface area contributed by atoms with E-state index in [4.69, 9.17) is 21.1 Å². The summed E-state index contributed by atoms with van der Waals surface area (Å²) < 4.78 is 13.1. The predicted octanol–water partition coefficient (Wildman–Crippen LogP) is 5.19. The molecule has 1 amide bonds. The Balaban J connectivity index is 1.68. The van der Waals surface area contributed by atoms with Crippen LogP contribution in [0.1, 0.15) is 43.2 Å². The Bertz CT molecular complexity index is 1050. The molecule has 30 heavy (non-hydrogen) atoms. The van der Waals surface area contributed by atoms with Crippen LogP contribution < -0.4 is 14.8 Å². The van der Waals surface area contributed by atoms with Crippen molar-refractivity contribution in [2.75, 3.05) is 19.0 Å². The molecule has 7 heteroatoms. The minimum atomic E-state index is -0.117. The van der Waals surface area contributed by atoms with E-state index < -0.39 is 0 Å². The number of anilines is 1. The molecule has 0 saturated carbocycles. The second kappa shape index (κ2) is 8.79. The van der Waals surface area contributed by atoms with Gasteiger partial charge in [-0.3, -0.25) is 4.79 Å². The first-order valence-electron chi connectivity index (χ1n) is 10.0. The highest BCUT2D eigenvalue weighted by Gasteiger charge is 2.31. The second-order valence-corrected chi connectivity index (χ2v) is 7.69. The third-order valence-corrected chi connectivity index (χ3v) is 5.49. The standard InChI is InChI=1S/C23H24ClN3O3/c1-3-4-11-30-20-10-5-15(12-21(20)29-2)18-13-22(28)26-23-19(18)14-25-27(23)17-8-6-16(24)7-9-17/h5-10,12,14,18H,3-4,11,13H2,1-2H3,(H,26,28)/t18-/m0/s1. The molecule has 1 aliphatic rings. The lowest BCUT2D eigenvalue weighted by Crippen LogP contribution is -2.24. The van der Waals surface area contributed by atoms with Crippen molar-refractivity contribution >= 4 is 23.3 Å². The summed E-state index contributed by atoms with van der Waals surface area (Å²) >= 11 is 6.00. The Morgan fingerprint density at radius 1 is 1.20 bits per heavy atom. The van der Waals surface area contributed by atoms with Crippen molar-refractivity contribution in [2.45, 2.75) is 32.1 Å². The first-order chi connectivity index (χ1) is 14.6. The number of methoxy groups -OCH3 is 1. The molecule has 3 aromatic rings. The van der Waals surface area contributed by atoms with Crippen LogP contribution in [0.3, 0.4) is 0 Å². The Labute approximate surface area is 180 Å². The van der Waals surface area contributed by atoms with Crippen LogP contribution in [0.2, 0.25) is 5.02 Å². The quantitative estimate of drug-likeness (QED) is 0.529. The zero-order valence-corrected chi connectivity index (χ0v) is 17.8. The van der Waals surface area contributed by atoms with Gasteiger partial charge in [-0.05, 0) is 48.4 Å². The van der Waals surface area contributed by atoms with Crippen molar-refractivity contribution in [3.05, 3.63) is 64.8 Å². The van der Waals surface area contributed by atoms with Crippen molar-refractivity contribution in [1.82, 2.24) is 9.78 Å². The maximum Gasteiger partial charge on any atom is 0.226 e. The topological polar surface area (TPSA) is 65.4 Å². The molecule has 1 N–H and O–H groups in total. The summed E-state index contributed by atoms with van der Waals surface area (Å²) in [6.07, 6.45) is 4.21. The van der Waals surface area contributed by atoms with E-state index in [9.17, 15) is 4.79 Å². The molecule has 0 radical (unpaired) electrons. The number of fused-ring (bicyclic) bond motifs is 1. The number of carbonyl (C=O) groups excluding carboxylic acids is 1. The molecule has 0 aliphatic carbocycles. The Hall–Kier alpha value is -2.99. The highest BCUT2D eigenvalue weighted by molar-refractivity contribution is 6.30. The van der Waals surface area contributed by atoms with Gasteiger partial charge in [0.1, 0.15) is 5.82 Å². The van der Waals surface area contributed by atoms with Crippen LogP contribution in [0.5, 0.6) is 11.5 Å². The Morgan fingerprint density at radius 3 is 2.73 bits per heavy atom. The van der Waals surface area contributed by atoms with E-state index in [-0.39, 0.29) is 11.8 Å². The first kappa shape index (κ1) is 20.3. The number of unbranched alkanes of at least 4 members (excludes halogenated alkanes) is 1. The molecule has 0 fully saturated rings. The van der Waals surface area contributed by atoms with Gasteiger partial charge in [-0.2, -0.15) is 5.10 Å². The second-order valence-electron chi connectivity index (χ2n) is 7.25. The molecule has 1 aliphatic heterocycles. The van der Waals surface area contributed by atoms with Crippen molar-refractivity contribution in [3.63, 3.8) is 0 Å². The zero-order valence-electron chi connectivity index (χ0n) is 17.0. The number of hydrogen-bond donors (Lipinski definition) is 1. The lowest BCUT2D eigenvalue weighted by molar-refractivity contribution is -0.116. The van der Waals surface area contributed by atoms with Gasteiger partial charge in [-0.15, -0.1) is 0 Å². The van der Waals surface area contributed by atoms with Crippen LogP contribution in [0.4, 0.5) is 5.82 Å². The van der Waals surface area contributed by atoms with Gasteiger partial charge in [0.2, 0.25) is 5.91 Å². The average molecular weight is 426 g/mol. The average Bonchev–Trinajstić information content (AvgIpc) is 3.17. The van der Waals surface area contributed by atoms with Gasteiger partial charge >= 0.3 is 0 Å². The van der Waals surface area contributed by atoms with E-state index in [2.05, 4.69) is 17.3 Å². The fraction of sp³-hybridized carbons (Fsp3) is 0.304. The van der Waals surface area contributed by atoms with Gasteiger partial charge in [0.15, 0.2) is 11.5 Å². The molecular weight excluding hydrogens is 402 g/mol. The number of nitrogens with zero attached hydrogens (tertiary/aromatic N) is 2. The molecule has 2 heterocycles. The van der Waals surface area contributed by atoms with E-state index in [0.717, 1.165) is 29.7 Å². The normalized spacial score (nSPS) is 15.4. The molecule has 2 aromatic carbocycles. The summed E-state index contributed by atoms with van der Waals surface area (Å²) in [6, 6.07) is 13.2. The van der Waals surface area contributed by atoms with Crippen molar-refractivity contribution in [2.24, 2.45) is 0 Å². The number of hydrogen-bond acceptors (Lipinski definition) is 4. The number of carbonyl (C=O) groups is 1. The lowest BCUT2D eigenvalue weighted by atomic mass is 9.87. The van der Waals surface area contributed by atoms with Gasteiger partial charge in [0, 0.05) is 22.9 Å². The van der Waals surface area contributed by atoms with Gasteiger partial charge < -0.3 is 14.8 Å². The van der Waals surface area contributed by atoms with E-state index in [1.54, 1.807) is 23.9 Å². The molecule has 156 valence electrons. The van der Waals surface area contributed by atoms with E-state index in [0.29, 0.717) is 35.4 Å². The summed E-state index contributed by atoms with van der Waals surface area (Å²) in [5.41, 5.74) is 2.78. The van der Waals surface area contributed by atoms with E-state index in [1.165, 1.54) is 0 Å². The maximum absolute atomic E-state index is 12.5. The molecule has 1 atom stereocenters. The molecule has 1 aromatic heterocycles.